The lowest BCUT2D eigenvalue weighted by molar-refractivity contribution is 0.0698. The van der Waals surface area contributed by atoms with Crippen LogP contribution in [-0.2, 0) is 0 Å². The Morgan fingerprint density at radius 3 is 2.30 bits per heavy atom. The number of carboxylic acid groups (broad SMARTS) is 1. The van der Waals surface area contributed by atoms with Crippen molar-refractivity contribution in [3.8, 4) is 0 Å². The van der Waals surface area contributed by atoms with Crippen LogP contribution in [0.4, 0.5) is 10.5 Å². The molecule has 5 heteroatoms. The average molecular weight is 278 g/mol. The number of benzene rings is 1. The third-order valence-corrected chi connectivity index (χ3v) is 2.92. The Morgan fingerprint density at radius 2 is 1.80 bits per heavy atom. The highest BCUT2D eigenvalue weighted by atomic mass is 16.4. The van der Waals surface area contributed by atoms with Crippen molar-refractivity contribution in [2.75, 3.05) is 18.4 Å². The van der Waals surface area contributed by atoms with E-state index in [9.17, 15) is 14.7 Å². The number of nitrogens with one attached hydrogen (secondary N) is 1. The van der Waals surface area contributed by atoms with Gasteiger partial charge < -0.3 is 15.3 Å². The summed E-state index contributed by atoms with van der Waals surface area (Å²) in [7, 11) is 0. The van der Waals surface area contributed by atoms with Gasteiger partial charge in [-0.15, -0.1) is 0 Å². The number of rotatable bonds is 6. The van der Waals surface area contributed by atoms with Crippen LogP contribution < -0.4 is 5.32 Å². The molecule has 2 amide bonds. The lowest BCUT2D eigenvalue weighted by atomic mass is 10.1. The number of amides is 2. The van der Waals surface area contributed by atoms with Crippen molar-refractivity contribution in [3.05, 3.63) is 29.3 Å². The Bertz CT molecular complexity index is 480. The highest BCUT2D eigenvalue weighted by Gasteiger charge is 2.16. The van der Waals surface area contributed by atoms with Crippen molar-refractivity contribution in [2.24, 2.45) is 0 Å². The molecule has 0 radical (unpaired) electrons. The number of hydrogen-bond acceptors (Lipinski definition) is 2. The molecule has 0 aliphatic carbocycles. The summed E-state index contributed by atoms with van der Waals surface area (Å²) in [5, 5.41) is 11.9. The van der Waals surface area contributed by atoms with Gasteiger partial charge in [0.2, 0.25) is 0 Å². The summed E-state index contributed by atoms with van der Waals surface area (Å²) in [5.41, 5.74) is 1.30. The lowest BCUT2D eigenvalue weighted by Crippen LogP contribution is -2.36. The van der Waals surface area contributed by atoms with E-state index in [1.54, 1.807) is 23.1 Å². The summed E-state index contributed by atoms with van der Waals surface area (Å²) in [6, 6.07) is 4.72. The van der Waals surface area contributed by atoms with Crippen LogP contribution in [0.1, 0.15) is 42.6 Å². The predicted octanol–water partition coefficient (Wildman–Crippen LogP) is 3.35. The summed E-state index contributed by atoms with van der Waals surface area (Å²) >= 11 is 0. The van der Waals surface area contributed by atoms with E-state index in [0.29, 0.717) is 18.8 Å². The smallest absolute Gasteiger partial charge is 0.337 e. The molecule has 110 valence electrons. The minimum Gasteiger partial charge on any atom is -0.478 e. The van der Waals surface area contributed by atoms with E-state index in [2.05, 4.69) is 5.32 Å². The Hall–Kier alpha value is -2.04. The van der Waals surface area contributed by atoms with Crippen molar-refractivity contribution in [3.63, 3.8) is 0 Å². The van der Waals surface area contributed by atoms with E-state index < -0.39 is 5.97 Å². The van der Waals surface area contributed by atoms with Crippen LogP contribution in [0.15, 0.2) is 18.2 Å². The second-order valence-corrected chi connectivity index (χ2v) is 4.77. The van der Waals surface area contributed by atoms with E-state index in [4.69, 9.17) is 0 Å². The first-order valence-electron chi connectivity index (χ1n) is 6.89. The topological polar surface area (TPSA) is 69.6 Å². The van der Waals surface area contributed by atoms with Crippen molar-refractivity contribution in [2.45, 2.75) is 33.6 Å². The van der Waals surface area contributed by atoms with Crippen molar-refractivity contribution < 1.29 is 14.7 Å². The summed E-state index contributed by atoms with van der Waals surface area (Å²) in [4.78, 5) is 25.1. The number of carboxylic acids is 1. The number of carbonyl (C=O) groups excluding carboxylic acids is 1. The van der Waals surface area contributed by atoms with Gasteiger partial charge in [0.25, 0.3) is 0 Å². The van der Waals surface area contributed by atoms with Crippen LogP contribution in [0, 0.1) is 6.92 Å². The second-order valence-electron chi connectivity index (χ2n) is 4.77. The zero-order valence-electron chi connectivity index (χ0n) is 12.3. The predicted molar refractivity (Wildman–Crippen MR) is 79.3 cm³/mol. The highest BCUT2D eigenvalue weighted by molar-refractivity contribution is 6.00. The fourth-order valence-corrected chi connectivity index (χ4v) is 1.99. The maximum atomic E-state index is 12.2. The molecule has 1 aromatic rings. The highest BCUT2D eigenvalue weighted by Crippen LogP contribution is 2.18. The number of aromatic carboxylic acids is 1. The van der Waals surface area contributed by atoms with Crippen molar-refractivity contribution in [1.29, 1.82) is 0 Å². The van der Waals surface area contributed by atoms with Gasteiger partial charge in [0.15, 0.2) is 0 Å². The first-order valence-corrected chi connectivity index (χ1v) is 6.89. The van der Waals surface area contributed by atoms with Gasteiger partial charge in [-0.1, -0.05) is 25.5 Å². The van der Waals surface area contributed by atoms with Crippen LogP contribution in [0.3, 0.4) is 0 Å². The number of carbonyl (C=O) groups is 2. The Balaban J connectivity index is 2.91. The van der Waals surface area contributed by atoms with E-state index >= 15 is 0 Å². The second kappa shape index (κ2) is 7.53. The number of hydrogen-bond donors (Lipinski definition) is 2. The molecule has 20 heavy (non-hydrogen) atoms. The Kier molecular flexibility index (Phi) is 6.03. The maximum absolute atomic E-state index is 12.2. The molecule has 0 spiro atoms. The first-order chi connectivity index (χ1) is 9.49. The fourth-order valence-electron chi connectivity index (χ4n) is 1.99. The summed E-state index contributed by atoms with van der Waals surface area (Å²) in [6.45, 7) is 7.15. The summed E-state index contributed by atoms with van der Waals surface area (Å²) < 4.78 is 0. The van der Waals surface area contributed by atoms with Crippen LogP contribution in [0.2, 0.25) is 0 Å². The number of nitrogens with zero attached hydrogens (tertiary/aromatic N) is 1. The molecule has 0 aromatic heterocycles. The van der Waals surface area contributed by atoms with Crippen molar-refractivity contribution >= 4 is 17.7 Å². The largest absolute Gasteiger partial charge is 0.478 e. The molecular formula is C15H22N2O3. The number of urea groups is 1. The average Bonchev–Trinajstić information content (AvgIpc) is 2.40. The van der Waals surface area contributed by atoms with Gasteiger partial charge in [-0.25, -0.2) is 9.59 Å². The van der Waals surface area contributed by atoms with Gasteiger partial charge in [0.05, 0.1) is 11.3 Å². The van der Waals surface area contributed by atoms with E-state index in [0.717, 1.165) is 18.4 Å². The standard InChI is InChI=1S/C15H22N2O3/c1-4-8-17(9-5-2)15(20)16-13-7-6-11(3)10-12(13)14(18)19/h6-7,10H,4-5,8-9H2,1-3H3,(H,16,20)(H,18,19). The minimum atomic E-state index is -1.04. The number of aryl methyl sites for hydroxylation is 1. The molecular weight excluding hydrogens is 256 g/mol. The Labute approximate surface area is 119 Å². The SMILES string of the molecule is CCCN(CCC)C(=O)Nc1ccc(C)cc1C(=O)O. The van der Waals surface area contributed by atoms with Gasteiger partial charge in [0, 0.05) is 13.1 Å². The summed E-state index contributed by atoms with van der Waals surface area (Å²) in [5.74, 6) is -1.04. The van der Waals surface area contributed by atoms with Gasteiger partial charge in [-0.05, 0) is 31.9 Å². The lowest BCUT2D eigenvalue weighted by Gasteiger charge is -2.22. The number of anilines is 1. The maximum Gasteiger partial charge on any atom is 0.337 e. The first kappa shape index (κ1) is 16.0. The molecule has 5 nitrogen and oxygen atoms in total. The molecule has 0 saturated carbocycles. The monoisotopic (exact) mass is 278 g/mol. The molecule has 0 aliphatic rings. The molecule has 2 N–H and O–H groups in total. The van der Waals surface area contributed by atoms with E-state index in [1.807, 2.05) is 20.8 Å². The summed E-state index contributed by atoms with van der Waals surface area (Å²) in [6.07, 6.45) is 1.74. The van der Waals surface area contributed by atoms with Gasteiger partial charge in [-0.2, -0.15) is 0 Å². The van der Waals surface area contributed by atoms with E-state index in [-0.39, 0.29) is 11.6 Å². The van der Waals surface area contributed by atoms with Crippen LogP contribution in [-0.4, -0.2) is 35.1 Å². The molecule has 0 fully saturated rings. The molecule has 0 atom stereocenters. The molecule has 0 unspecified atom stereocenters. The Morgan fingerprint density at radius 1 is 1.20 bits per heavy atom. The zero-order valence-corrected chi connectivity index (χ0v) is 12.3. The van der Waals surface area contributed by atoms with Gasteiger partial charge >= 0.3 is 12.0 Å². The quantitative estimate of drug-likeness (QED) is 0.838. The third-order valence-electron chi connectivity index (χ3n) is 2.92. The molecule has 1 rings (SSSR count). The minimum absolute atomic E-state index is 0.117. The molecule has 0 heterocycles. The molecule has 1 aromatic carbocycles. The van der Waals surface area contributed by atoms with E-state index in [1.165, 1.54) is 0 Å². The van der Waals surface area contributed by atoms with Crippen LogP contribution in [0.25, 0.3) is 0 Å². The normalized spacial score (nSPS) is 10.2. The molecule has 0 bridgehead atoms. The van der Waals surface area contributed by atoms with Crippen LogP contribution in [0.5, 0.6) is 0 Å². The van der Waals surface area contributed by atoms with Crippen LogP contribution >= 0.6 is 0 Å². The fraction of sp³-hybridized carbons (Fsp3) is 0.467. The van der Waals surface area contributed by atoms with Gasteiger partial charge in [0.1, 0.15) is 0 Å². The molecule has 0 saturated heterocycles. The molecule has 0 aliphatic heterocycles. The zero-order chi connectivity index (χ0) is 15.1. The van der Waals surface area contributed by atoms with Gasteiger partial charge in [-0.3, -0.25) is 0 Å². The third kappa shape index (κ3) is 4.26. The van der Waals surface area contributed by atoms with Crippen molar-refractivity contribution in [1.82, 2.24) is 4.90 Å².